The number of aromatic hydroxyl groups is 1. The molecule has 0 saturated carbocycles. The molecule has 2 heterocycles. The van der Waals surface area contributed by atoms with Crippen LogP contribution in [0.4, 0.5) is 0 Å². The molecule has 2 aliphatic heterocycles. The summed E-state index contributed by atoms with van der Waals surface area (Å²) >= 11 is 0. The molecule has 4 heteroatoms. The molecule has 0 radical (unpaired) electrons. The van der Waals surface area contributed by atoms with Crippen molar-refractivity contribution in [3.8, 4) is 11.5 Å². The van der Waals surface area contributed by atoms with Crippen molar-refractivity contribution >= 4 is 5.91 Å². The number of phenolic OH excluding ortho intramolecular Hbond substituents is 1. The van der Waals surface area contributed by atoms with E-state index in [1.165, 1.54) is 17.6 Å². The fourth-order valence-corrected chi connectivity index (χ4v) is 5.35. The van der Waals surface area contributed by atoms with Crippen LogP contribution in [0.3, 0.4) is 0 Å². The Hall–Kier alpha value is -2.49. The molecule has 198 valence electrons. The monoisotopic (exact) mass is 493 g/mol. The maximum absolute atomic E-state index is 12.5. The number of fused-ring (bicyclic) bond motifs is 1. The van der Waals surface area contributed by atoms with Gasteiger partial charge in [0.05, 0.1) is 0 Å². The van der Waals surface area contributed by atoms with Crippen molar-refractivity contribution in [1.82, 2.24) is 4.90 Å². The minimum absolute atomic E-state index is 0.150. The predicted octanol–water partition coefficient (Wildman–Crippen LogP) is 7.98. The van der Waals surface area contributed by atoms with Gasteiger partial charge in [0.1, 0.15) is 17.1 Å². The number of aryl methyl sites for hydroxylation is 2. The lowest BCUT2D eigenvalue weighted by molar-refractivity contribution is -0.127. The predicted molar refractivity (Wildman–Crippen MR) is 150 cm³/mol. The Labute approximate surface area is 219 Å². The first-order valence-corrected chi connectivity index (χ1v) is 14.0. The summed E-state index contributed by atoms with van der Waals surface area (Å²) in [5, 5.41) is 9.85. The number of hydrogen-bond acceptors (Lipinski definition) is 3. The average molecular weight is 494 g/mol. The lowest BCUT2D eigenvalue weighted by Crippen LogP contribution is -2.36. The highest BCUT2D eigenvalue weighted by atomic mass is 16.5. The van der Waals surface area contributed by atoms with Crippen LogP contribution in [0, 0.1) is 6.92 Å². The summed E-state index contributed by atoms with van der Waals surface area (Å²) < 4.78 is 6.42. The zero-order valence-electron chi connectivity index (χ0n) is 23.3. The summed E-state index contributed by atoms with van der Waals surface area (Å²) in [5.74, 6) is 1.52. The van der Waals surface area contributed by atoms with Gasteiger partial charge in [-0.15, -0.1) is 0 Å². The van der Waals surface area contributed by atoms with Crippen molar-refractivity contribution in [3.05, 3.63) is 58.2 Å². The number of piperidine rings is 1. The van der Waals surface area contributed by atoms with E-state index in [2.05, 4.69) is 39.0 Å². The Balaban J connectivity index is 1.37. The smallest absolute Gasteiger partial charge is 0.249 e. The Morgan fingerprint density at radius 3 is 2.33 bits per heavy atom. The molecule has 1 aromatic carbocycles. The second kappa shape index (κ2) is 13.2. The van der Waals surface area contributed by atoms with Crippen molar-refractivity contribution in [1.29, 1.82) is 0 Å². The standard InChI is InChI=1S/C32H47NO3/c1-24(14-10-16-26(3)31(35)33-20-7-6-8-21-33)12-9-13-25(2)15-11-18-32(5)19-17-28-23-29(34)22-27(4)30(28)36-32/h12,15-16,22-23,34H,6-11,13-14,17-21H2,1-5H3/b24-12+,25-15+,26-16+. The third-order valence-electron chi connectivity index (χ3n) is 7.78. The minimum atomic E-state index is -0.150. The molecule has 1 aromatic rings. The molecule has 1 saturated heterocycles. The van der Waals surface area contributed by atoms with Gasteiger partial charge in [-0.3, -0.25) is 4.79 Å². The fraction of sp³-hybridized carbons (Fsp3) is 0.594. The highest BCUT2D eigenvalue weighted by Crippen LogP contribution is 2.39. The number of hydrogen-bond donors (Lipinski definition) is 1. The van der Waals surface area contributed by atoms with Crippen LogP contribution in [0.25, 0.3) is 0 Å². The summed E-state index contributed by atoms with van der Waals surface area (Å²) in [4.78, 5) is 14.5. The maximum Gasteiger partial charge on any atom is 0.249 e. The second-order valence-electron chi connectivity index (χ2n) is 11.3. The van der Waals surface area contributed by atoms with Crippen LogP contribution in [-0.4, -0.2) is 34.6 Å². The lowest BCUT2D eigenvalue weighted by atomic mass is 9.87. The fourth-order valence-electron chi connectivity index (χ4n) is 5.35. The first-order valence-electron chi connectivity index (χ1n) is 14.0. The molecule has 3 rings (SSSR count). The molecule has 0 aliphatic carbocycles. The molecular formula is C32H47NO3. The van der Waals surface area contributed by atoms with Crippen molar-refractivity contribution in [2.45, 2.75) is 111 Å². The van der Waals surface area contributed by atoms with Crippen LogP contribution in [0.1, 0.15) is 103 Å². The second-order valence-corrected chi connectivity index (χ2v) is 11.3. The SMILES string of the molecule is C/C(=C\CC/C(C)=C/CCC1(C)CCc2cc(O)cc(C)c2O1)CC/C=C(\C)C(=O)N1CCCCC1. The Bertz CT molecular complexity index is 997. The van der Waals surface area contributed by atoms with Gasteiger partial charge in [0.2, 0.25) is 5.91 Å². The molecule has 1 unspecified atom stereocenters. The van der Waals surface area contributed by atoms with Gasteiger partial charge in [-0.25, -0.2) is 0 Å². The topological polar surface area (TPSA) is 49.8 Å². The van der Waals surface area contributed by atoms with Crippen molar-refractivity contribution in [2.24, 2.45) is 0 Å². The van der Waals surface area contributed by atoms with Crippen molar-refractivity contribution < 1.29 is 14.6 Å². The summed E-state index contributed by atoms with van der Waals surface area (Å²) in [5.41, 5.74) is 5.73. The molecule has 1 fully saturated rings. The number of carbonyl (C=O) groups is 1. The first-order chi connectivity index (χ1) is 17.2. The third kappa shape index (κ3) is 8.28. The van der Waals surface area contributed by atoms with Gasteiger partial charge in [0.25, 0.3) is 0 Å². The van der Waals surface area contributed by atoms with E-state index in [0.717, 1.165) is 99.7 Å². The molecule has 1 amide bonds. The quantitative estimate of drug-likeness (QED) is 0.265. The summed E-state index contributed by atoms with van der Waals surface area (Å²) in [6.45, 7) is 12.5. The molecule has 4 nitrogen and oxygen atoms in total. The number of likely N-dealkylation sites (tertiary alicyclic amines) is 1. The molecule has 0 bridgehead atoms. The summed E-state index contributed by atoms with van der Waals surface area (Å²) in [7, 11) is 0. The van der Waals surface area contributed by atoms with E-state index in [1.54, 1.807) is 6.07 Å². The van der Waals surface area contributed by atoms with Gasteiger partial charge < -0.3 is 14.7 Å². The number of rotatable bonds is 10. The van der Waals surface area contributed by atoms with E-state index >= 15 is 0 Å². The van der Waals surface area contributed by atoms with Gasteiger partial charge >= 0.3 is 0 Å². The largest absolute Gasteiger partial charge is 0.508 e. The van der Waals surface area contributed by atoms with Crippen molar-refractivity contribution in [3.63, 3.8) is 0 Å². The first kappa shape index (κ1) is 28.1. The van der Waals surface area contributed by atoms with Crippen LogP contribution in [0.5, 0.6) is 11.5 Å². The van der Waals surface area contributed by atoms with Crippen LogP contribution in [0.15, 0.2) is 47.1 Å². The van der Waals surface area contributed by atoms with Gasteiger partial charge in [0.15, 0.2) is 0 Å². The zero-order chi connectivity index (χ0) is 26.1. The zero-order valence-corrected chi connectivity index (χ0v) is 23.3. The highest BCUT2D eigenvalue weighted by Gasteiger charge is 2.32. The van der Waals surface area contributed by atoms with E-state index in [9.17, 15) is 9.90 Å². The lowest BCUT2D eigenvalue weighted by Gasteiger charge is -2.36. The van der Waals surface area contributed by atoms with E-state index < -0.39 is 0 Å². The number of benzene rings is 1. The van der Waals surface area contributed by atoms with E-state index in [1.807, 2.05) is 24.8 Å². The molecule has 0 aromatic heterocycles. The Morgan fingerprint density at radius 2 is 1.64 bits per heavy atom. The average Bonchev–Trinajstić information content (AvgIpc) is 2.84. The molecule has 36 heavy (non-hydrogen) atoms. The minimum Gasteiger partial charge on any atom is -0.508 e. The molecule has 2 aliphatic rings. The van der Waals surface area contributed by atoms with Crippen LogP contribution in [0.2, 0.25) is 0 Å². The number of carbonyl (C=O) groups excluding carboxylic acids is 1. The summed E-state index contributed by atoms with van der Waals surface area (Å²) in [6.07, 6.45) is 18.4. The molecular weight excluding hydrogens is 446 g/mol. The van der Waals surface area contributed by atoms with Crippen LogP contribution in [-0.2, 0) is 11.2 Å². The van der Waals surface area contributed by atoms with Gasteiger partial charge in [0, 0.05) is 18.7 Å². The number of phenols is 1. The summed E-state index contributed by atoms with van der Waals surface area (Å²) in [6, 6.07) is 3.63. The number of nitrogens with zero attached hydrogens (tertiary/aromatic N) is 1. The van der Waals surface area contributed by atoms with E-state index in [4.69, 9.17) is 4.74 Å². The van der Waals surface area contributed by atoms with Crippen LogP contribution < -0.4 is 4.74 Å². The maximum atomic E-state index is 12.5. The third-order valence-corrected chi connectivity index (χ3v) is 7.78. The van der Waals surface area contributed by atoms with Gasteiger partial charge in [-0.05, 0) is 129 Å². The number of allylic oxidation sites excluding steroid dienone is 5. The molecule has 0 spiro atoms. The Kier molecular flexibility index (Phi) is 10.3. The van der Waals surface area contributed by atoms with Gasteiger partial charge in [-0.1, -0.05) is 29.4 Å². The number of amides is 1. The van der Waals surface area contributed by atoms with Gasteiger partial charge in [-0.2, -0.15) is 0 Å². The van der Waals surface area contributed by atoms with E-state index in [-0.39, 0.29) is 11.5 Å². The molecule has 1 atom stereocenters. The number of ether oxygens (including phenoxy) is 1. The van der Waals surface area contributed by atoms with E-state index in [0.29, 0.717) is 5.75 Å². The Morgan fingerprint density at radius 1 is 1.00 bits per heavy atom. The highest BCUT2D eigenvalue weighted by molar-refractivity contribution is 5.92. The van der Waals surface area contributed by atoms with Crippen molar-refractivity contribution in [2.75, 3.05) is 13.1 Å². The normalized spacial score (nSPS) is 21.2. The molecule has 1 N–H and O–H groups in total. The van der Waals surface area contributed by atoms with Crippen LogP contribution >= 0.6 is 0 Å².